The first-order valence-electron chi connectivity index (χ1n) is 5.38. The van der Waals surface area contributed by atoms with Gasteiger partial charge in [0.05, 0.1) is 10.6 Å². The Balaban J connectivity index is 2.51. The number of allylic oxidation sites excluding steroid dienone is 2. The van der Waals surface area contributed by atoms with E-state index in [4.69, 9.17) is 0 Å². The zero-order chi connectivity index (χ0) is 11.1. The van der Waals surface area contributed by atoms with Crippen LogP contribution in [0.25, 0.3) is 12.2 Å². The van der Waals surface area contributed by atoms with Crippen LogP contribution in [0.15, 0.2) is 12.2 Å². The molecule has 0 saturated carbocycles. The van der Waals surface area contributed by atoms with Crippen LogP contribution in [0.4, 0.5) is 0 Å². The van der Waals surface area contributed by atoms with Crippen LogP contribution in [-0.2, 0) is 0 Å². The van der Waals surface area contributed by atoms with E-state index in [0.29, 0.717) is 5.92 Å². The molecule has 1 aromatic heterocycles. The summed E-state index contributed by atoms with van der Waals surface area (Å²) in [6.45, 7) is 8.84. The summed E-state index contributed by atoms with van der Waals surface area (Å²) in [5.41, 5.74) is 2.71. The van der Waals surface area contributed by atoms with Gasteiger partial charge in [0.25, 0.3) is 0 Å². The third-order valence-corrected chi connectivity index (χ3v) is 3.52. The van der Waals surface area contributed by atoms with Crippen LogP contribution in [0.2, 0.25) is 0 Å². The average Bonchev–Trinajstić information content (AvgIpc) is 2.49. The monoisotopic (exact) mass is 219 g/mol. The second-order valence-corrected chi connectivity index (χ2v) is 5.79. The van der Waals surface area contributed by atoms with Gasteiger partial charge in [0.15, 0.2) is 0 Å². The predicted octanol–water partition coefficient (Wildman–Crippen LogP) is 4.33. The fourth-order valence-electron chi connectivity index (χ4n) is 1.67. The molecular weight excluding hydrogens is 202 g/mol. The summed E-state index contributed by atoms with van der Waals surface area (Å²) in [6.07, 6.45) is 8.94. The van der Waals surface area contributed by atoms with Crippen LogP contribution in [0.5, 0.6) is 0 Å². The van der Waals surface area contributed by atoms with E-state index in [-0.39, 0.29) is 5.41 Å². The fourth-order valence-corrected chi connectivity index (χ4v) is 2.58. The van der Waals surface area contributed by atoms with Crippen molar-refractivity contribution in [2.75, 3.05) is 0 Å². The van der Waals surface area contributed by atoms with Gasteiger partial charge in [0.1, 0.15) is 0 Å². The van der Waals surface area contributed by atoms with Crippen LogP contribution in [0.1, 0.15) is 49.7 Å². The minimum absolute atomic E-state index is 0.160. The van der Waals surface area contributed by atoms with Gasteiger partial charge in [-0.1, -0.05) is 45.9 Å². The molecule has 1 nitrogen and oxygen atoms in total. The van der Waals surface area contributed by atoms with Gasteiger partial charge in [-0.05, 0) is 23.5 Å². The first kappa shape index (κ1) is 10.6. The molecule has 2 heteroatoms. The van der Waals surface area contributed by atoms with Gasteiger partial charge in [0, 0.05) is 11.0 Å². The first-order chi connectivity index (χ1) is 6.99. The molecule has 0 unspecified atom stereocenters. The van der Waals surface area contributed by atoms with Crippen molar-refractivity contribution < 1.29 is 0 Å². The van der Waals surface area contributed by atoms with Crippen molar-refractivity contribution in [1.82, 2.24) is 4.37 Å². The molecule has 0 fully saturated rings. The molecule has 0 spiro atoms. The number of rotatable bonds is 1. The maximum Gasteiger partial charge on any atom is 0.0646 e. The SMILES string of the molecule is CC(C)c1nsc2c1C=CC(C)(C)C=C2. The maximum atomic E-state index is 4.53. The highest BCUT2D eigenvalue weighted by atomic mass is 32.1. The molecule has 0 atom stereocenters. The van der Waals surface area contributed by atoms with Crippen molar-refractivity contribution in [2.45, 2.75) is 33.6 Å². The lowest BCUT2D eigenvalue weighted by atomic mass is 9.93. The van der Waals surface area contributed by atoms with Gasteiger partial charge in [-0.15, -0.1) is 0 Å². The molecule has 0 aromatic carbocycles. The summed E-state index contributed by atoms with van der Waals surface area (Å²) < 4.78 is 4.53. The van der Waals surface area contributed by atoms with Crippen molar-refractivity contribution >= 4 is 23.7 Å². The molecule has 0 radical (unpaired) electrons. The Morgan fingerprint density at radius 1 is 1.20 bits per heavy atom. The summed E-state index contributed by atoms with van der Waals surface area (Å²) in [5.74, 6) is 0.504. The molecule has 1 heterocycles. The Hall–Kier alpha value is -0.890. The van der Waals surface area contributed by atoms with E-state index in [2.05, 4.69) is 56.4 Å². The van der Waals surface area contributed by atoms with Crippen molar-refractivity contribution in [3.63, 3.8) is 0 Å². The number of fused-ring (bicyclic) bond motifs is 1. The highest BCUT2D eigenvalue weighted by Crippen LogP contribution is 2.33. The second-order valence-electron chi connectivity index (χ2n) is 4.99. The van der Waals surface area contributed by atoms with Crippen LogP contribution in [-0.4, -0.2) is 4.37 Å². The molecule has 1 aromatic rings. The molecule has 0 amide bonds. The Morgan fingerprint density at radius 3 is 2.53 bits per heavy atom. The largest absolute Gasteiger partial charge is 0.196 e. The third-order valence-electron chi connectivity index (χ3n) is 2.67. The van der Waals surface area contributed by atoms with Crippen LogP contribution in [0.3, 0.4) is 0 Å². The Labute approximate surface area is 95.7 Å². The zero-order valence-corrected chi connectivity index (χ0v) is 10.6. The summed E-state index contributed by atoms with van der Waals surface area (Å²) in [6, 6.07) is 0. The molecular formula is C13H17NS. The fraction of sp³-hybridized carbons (Fsp3) is 0.462. The summed E-state index contributed by atoms with van der Waals surface area (Å²) in [5, 5.41) is 0. The normalized spacial score (nSPS) is 17.9. The Kier molecular flexibility index (Phi) is 2.55. The number of hydrogen-bond donors (Lipinski definition) is 0. The standard InChI is InChI=1S/C13H17NS/c1-9(2)12-10-5-7-13(3,4)8-6-11(10)15-14-12/h5-9H,1-4H3. The predicted molar refractivity (Wildman–Crippen MR) is 68.1 cm³/mol. The van der Waals surface area contributed by atoms with E-state index in [1.807, 2.05) is 0 Å². The van der Waals surface area contributed by atoms with Crippen LogP contribution >= 0.6 is 11.5 Å². The van der Waals surface area contributed by atoms with Gasteiger partial charge in [0.2, 0.25) is 0 Å². The van der Waals surface area contributed by atoms with E-state index in [1.54, 1.807) is 11.5 Å². The molecule has 1 aliphatic carbocycles. The number of aromatic nitrogens is 1. The molecule has 0 saturated heterocycles. The summed E-state index contributed by atoms with van der Waals surface area (Å²) in [7, 11) is 0. The second kappa shape index (κ2) is 3.60. The first-order valence-corrected chi connectivity index (χ1v) is 6.15. The summed E-state index contributed by atoms with van der Waals surface area (Å²) in [4.78, 5) is 1.29. The highest BCUT2D eigenvalue weighted by Gasteiger charge is 2.18. The lowest BCUT2D eigenvalue weighted by Gasteiger charge is -2.12. The molecule has 80 valence electrons. The third kappa shape index (κ3) is 2.05. The zero-order valence-electron chi connectivity index (χ0n) is 9.74. The minimum atomic E-state index is 0.160. The van der Waals surface area contributed by atoms with E-state index in [9.17, 15) is 0 Å². The lowest BCUT2D eigenvalue weighted by molar-refractivity contribution is 0.633. The maximum absolute atomic E-state index is 4.53. The molecule has 2 rings (SSSR count). The van der Waals surface area contributed by atoms with Gasteiger partial charge in [-0.25, -0.2) is 0 Å². The topological polar surface area (TPSA) is 12.9 Å². The lowest BCUT2D eigenvalue weighted by Crippen LogP contribution is -2.00. The molecule has 0 bridgehead atoms. The van der Waals surface area contributed by atoms with E-state index >= 15 is 0 Å². The number of hydrogen-bond acceptors (Lipinski definition) is 2. The van der Waals surface area contributed by atoms with Crippen molar-refractivity contribution in [3.05, 3.63) is 28.3 Å². The minimum Gasteiger partial charge on any atom is -0.196 e. The Bertz CT molecular complexity index is 422. The molecule has 0 N–H and O–H groups in total. The van der Waals surface area contributed by atoms with Crippen molar-refractivity contribution in [1.29, 1.82) is 0 Å². The number of nitrogens with zero attached hydrogens (tertiary/aromatic N) is 1. The highest BCUT2D eigenvalue weighted by molar-refractivity contribution is 7.07. The van der Waals surface area contributed by atoms with E-state index < -0.39 is 0 Å². The van der Waals surface area contributed by atoms with E-state index in [1.165, 1.54) is 16.1 Å². The molecule has 15 heavy (non-hydrogen) atoms. The van der Waals surface area contributed by atoms with Crippen molar-refractivity contribution in [3.8, 4) is 0 Å². The van der Waals surface area contributed by atoms with Crippen LogP contribution < -0.4 is 0 Å². The smallest absolute Gasteiger partial charge is 0.0646 e. The summed E-state index contributed by atoms with van der Waals surface area (Å²) >= 11 is 1.61. The van der Waals surface area contributed by atoms with Crippen molar-refractivity contribution in [2.24, 2.45) is 5.41 Å². The molecule has 0 aliphatic heterocycles. The average molecular weight is 219 g/mol. The Morgan fingerprint density at radius 2 is 1.87 bits per heavy atom. The van der Waals surface area contributed by atoms with Gasteiger partial charge < -0.3 is 0 Å². The quantitative estimate of drug-likeness (QED) is 0.685. The van der Waals surface area contributed by atoms with Gasteiger partial charge in [-0.3, -0.25) is 0 Å². The van der Waals surface area contributed by atoms with Crippen LogP contribution in [0, 0.1) is 5.41 Å². The van der Waals surface area contributed by atoms with E-state index in [0.717, 1.165) is 0 Å². The molecule has 1 aliphatic rings. The van der Waals surface area contributed by atoms with Gasteiger partial charge in [-0.2, -0.15) is 4.37 Å². The van der Waals surface area contributed by atoms with Gasteiger partial charge >= 0.3 is 0 Å².